The van der Waals surface area contributed by atoms with Gasteiger partial charge in [-0.25, -0.2) is 0 Å². The smallest absolute Gasteiger partial charge is 0.239 e. The van der Waals surface area contributed by atoms with Crippen LogP contribution in [0.3, 0.4) is 0 Å². The predicted octanol–water partition coefficient (Wildman–Crippen LogP) is -0.948. The first kappa shape index (κ1) is 8.26. The minimum Gasteiger partial charge on any atom is -0.376 e. The van der Waals surface area contributed by atoms with Gasteiger partial charge in [-0.1, -0.05) is 0 Å². The maximum atomic E-state index is 10.9. The van der Waals surface area contributed by atoms with Gasteiger partial charge in [0.05, 0.1) is 6.54 Å². The van der Waals surface area contributed by atoms with Gasteiger partial charge in [-0.05, 0) is 18.6 Å². The summed E-state index contributed by atoms with van der Waals surface area (Å²) < 4.78 is 0. The van der Waals surface area contributed by atoms with Gasteiger partial charge in [-0.2, -0.15) is 0 Å². The molecule has 1 rings (SSSR count). The van der Waals surface area contributed by atoms with E-state index in [1.807, 2.05) is 0 Å². The quantitative estimate of drug-likeness (QED) is 0.464. The number of carbonyl (C=O) groups excluding carboxylic acids is 1. The molecule has 62 valence electrons. The Morgan fingerprint density at radius 2 is 2.45 bits per heavy atom. The summed E-state index contributed by atoms with van der Waals surface area (Å²) in [6.07, 6.45) is 0.906. The summed E-state index contributed by atoms with van der Waals surface area (Å²) in [5.41, 5.74) is 5.38. The Bertz CT molecular complexity index is 183. The first-order valence-electron chi connectivity index (χ1n) is 3.51. The second-order valence-electron chi connectivity index (χ2n) is 2.46. The van der Waals surface area contributed by atoms with Crippen LogP contribution in [0.1, 0.15) is 6.42 Å². The van der Waals surface area contributed by atoms with Crippen LogP contribution in [0.2, 0.25) is 0 Å². The molecule has 0 aromatic heterocycles. The number of thiocarbonyl (C=S) groups is 1. The number of nitrogens with two attached hydrogens (primary N) is 1. The molecule has 1 heterocycles. The highest BCUT2D eigenvalue weighted by molar-refractivity contribution is 7.80. The number of amides is 1. The average Bonchev–Trinajstić information content (AvgIpc) is 2.13. The highest BCUT2D eigenvalue weighted by Gasteiger charge is 2.14. The molecule has 1 fully saturated rings. The molecule has 1 saturated heterocycles. The minimum absolute atomic E-state index is 0.00435. The monoisotopic (exact) mass is 173 g/mol. The molecule has 0 saturated carbocycles. The van der Waals surface area contributed by atoms with Crippen LogP contribution in [0.5, 0.6) is 0 Å². The normalized spacial score (nSPS) is 18.9. The predicted molar refractivity (Wildman–Crippen MR) is 46.0 cm³/mol. The Balaban J connectivity index is 2.52. The summed E-state index contributed by atoms with van der Waals surface area (Å²) in [6, 6.07) is 0. The second kappa shape index (κ2) is 3.52. The molecule has 1 amide bonds. The van der Waals surface area contributed by atoms with Crippen molar-refractivity contribution in [2.75, 3.05) is 19.6 Å². The Labute approximate surface area is 70.7 Å². The third-order valence-corrected chi connectivity index (χ3v) is 1.83. The molecule has 0 bridgehead atoms. The number of carbonyl (C=O) groups is 1. The van der Waals surface area contributed by atoms with Gasteiger partial charge in [-0.3, -0.25) is 4.79 Å². The molecule has 3 N–H and O–H groups in total. The largest absolute Gasteiger partial charge is 0.376 e. The van der Waals surface area contributed by atoms with Gasteiger partial charge in [0.15, 0.2) is 5.11 Å². The van der Waals surface area contributed by atoms with Crippen molar-refractivity contribution in [3.05, 3.63) is 0 Å². The van der Waals surface area contributed by atoms with Crippen molar-refractivity contribution in [3.63, 3.8) is 0 Å². The molecule has 0 unspecified atom stereocenters. The van der Waals surface area contributed by atoms with E-state index < -0.39 is 0 Å². The lowest BCUT2D eigenvalue weighted by Crippen LogP contribution is -2.40. The minimum atomic E-state index is -0.00435. The fourth-order valence-electron chi connectivity index (χ4n) is 0.994. The van der Waals surface area contributed by atoms with Crippen LogP contribution < -0.4 is 11.1 Å². The van der Waals surface area contributed by atoms with Crippen molar-refractivity contribution in [2.24, 2.45) is 5.73 Å². The van der Waals surface area contributed by atoms with Crippen molar-refractivity contribution in [2.45, 2.75) is 6.42 Å². The van der Waals surface area contributed by atoms with Crippen LogP contribution >= 0.6 is 12.2 Å². The van der Waals surface area contributed by atoms with Crippen LogP contribution in [-0.2, 0) is 4.79 Å². The van der Waals surface area contributed by atoms with Gasteiger partial charge in [-0.15, -0.1) is 0 Å². The summed E-state index contributed by atoms with van der Waals surface area (Å²) in [5, 5.41) is 3.04. The van der Waals surface area contributed by atoms with Gasteiger partial charge < -0.3 is 16.0 Å². The summed E-state index contributed by atoms with van der Waals surface area (Å²) in [4.78, 5) is 12.6. The number of hydrogen-bond donors (Lipinski definition) is 2. The first-order valence-corrected chi connectivity index (χ1v) is 3.92. The first-order chi connectivity index (χ1) is 5.20. The molecule has 0 radical (unpaired) electrons. The lowest BCUT2D eigenvalue weighted by Gasteiger charge is -2.17. The summed E-state index contributed by atoms with van der Waals surface area (Å²) in [6.45, 7) is 1.79. The zero-order valence-corrected chi connectivity index (χ0v) is 6.99. The van der Waals surface area contributed by atoms with Crippen molar-refractivity contribution in [1.82, 2.24) is 10.2 Å². The van der Waals surface area contributed by atoms with E-state index in [1.165, 1.54) is 0 Å². The molecule has 0 aliphatic carbocycles. The SMILES string of the molecule is NC(=S)N1CCCNC(=O)C1. The maximum absolute atomic E-state index is 10.9. The molecule has 4 nitrogen and oxygen atoms in total. The summed E-state index contributed by atoms with van der Waals surface area (Å²) >= 11 is 4.75. The number of hydrogen-bond acceptors (Lipinski definition) is 2. The van der Waals surface area contributed by atoms with E-state index in [1.54, 1.807) is 4.90 Å². The lowest BCUT2D eigenvalue weighted by atomic mass is 10.4. The van der Waals surface area contributed by atoms with E-state index in [-0.39, 0.29) is 5.91 Å². The van der Waals surface area contributed by atoms with Gasteiger partial charge in [0.1, 0.15) is 0 Å². The van der Waals surface area contributed by atoms with E-state index in [4.69, 9.17) is 18.0 Å². The molecule has 0 atom stereocenters. The van der Waals surface area contributed by atoms with E-state index in [0.29, 0.717) is 11.7 Å². The van der Waals surface area contributed by atoms with Crippen LogP contribution in [0.25, 0.3) is 0 Å². The second-order valence-corrected chi connectivity index (χ2v) is 2.88. The van der Waals surface area contributed by atoms with E-state index >= 15 is 0 Å². The van der Waals surface area contributed by atoms with Gasteiger partial charge in [0.2, 0.25) is 5.91 Å². The molecule has 0 aromatic carbocycles. The number of rotatable bonds is 0. The van der Waals surface area contributed by atoms with Crippen molar-refractivity contribution in [1.29, 1.82) is 0 Å². The third-order valence-electron chi connectivity index (χ3n) is 1.57. The molecule has 1 aliphatic heterocycles. The zero-order valence-electron chi connectivity index (χ0n) is 6.17. The zero-order chi connectivity index (χ0) is 8.27. The molecule has 0 aromatic rings. The fourth-order valence-corrected chi connectivity index (χ4v) is 1.15. The van der Waals surface area contributed by atoms with E-state index in [9.17, 15) is 4.79 Å². The van der Waals surface area contributed by atoms with Crippen molar-refractivity contribution >= 4 is 23.2 Å². The van der Waals surface area contributed by atoms with Crippen molar-refractivity contribution in [3.8, 4) is 0 Å². The van der Waals surface area contributed by atoms with Crippen LogP contribution in [0.4, 0.5) is 0 Å². The Kier molecular flexibility index (Phi) is 2.64. The molecular weight excluding hydrogens is 162 g/mol. The van der Waals surface area contributed by atoms with Crippen molar-refractivity contribution < 1.29 is 4.79 Å². The topological polar surface area (TPSA) is 58.4 Å². The van der Waals surface area contributed by atoms with E-state index in [0.717, 1.165) is 19.5 Å². The molecule has 1 aliphatic rings. The summed E-state index contributed by atoms with van der Waals surface area (Å²) in [7, 11) is 0. The Morgan fingerprint density at radius 1 is 1.73 bits per heavy atom. The van der Waals surface area contributed by atoms with E-state index in [2.05, 4.69) is 5.32 Å². The Morgan fingerprint density at radius 3 is 3.09 bits per heavy atom. The van der Waals surface area contributed by atoms with Crippen LogP contribution in [0, 0.1) is 0 Å². The average molecular weight is 173 g/mol. The number of nitrogens with zero attached hydrogens (tertiary/aromatic N) is 1. The van der Waals surface area contributed by atoms with Gasteiger partial charge >= 0.3 is 0 Å². The third kappa shape index (κ3) is 2.34. The van der Waals surface area contributed by atoms with Gasteiger partial charge in [0, 0.05) is 13.1 Å². The van der Waals surface area contributed by atoms with Gasteiger partial charge in [0.25, 0.3) is 0 Å². The highest BCUT2D eigenvalue weighted by Crippen LogP contribution is 1.94. The maximum Gasteiger partial charge on any atom is 0.239 e. The summed E-state index contributed by atoms with van der Waals surface area (Å²) in [5.74, 6) is -0.00435. The lowest BCUT2D eigenvalue weighted by molar-refractivity contribution is -0.120. The molecule has 5 heteroatoms. The van der Waals surface area contributed by atoms with Crippen LogP contribution in [0.15, 0.2) is 0 Å². The molecule has 11 heavy (non-hydrogen) atoms. The highest BCUT2D eigenvalue weighted by atomic mass is 32.1. The standard InChI is InChI=1S/C6H11N3OS/c7-6(11)9-3-1-2-8-5(10)4-9/h1-4H2,(H2,7,11)(H,8,10). The molecular formula is C6H11N3OS. The van der Waals surface area contributed by atoms with Crippen LogP contribution in [-0.4, -0.2) is 35.6 Å². The molecule has 0 spiro atoms. The fraction of sp³-hybridized carbons (Fsp3) is 0.667. The Hall–Kier alpha value is -0.840. The number of nitrogens with one attached hydrogen (secondary N) is 1.